The molecule has 0 N–H and O–H groups in total. The van der Waals surface area contributed by atoms with Crippen molar-refractivity contribution in [3.63, 3.8) is 0 Å². The normalized spacial score (nSPS) is 38.3. The molecule has 0 unspecified atom stereocenters. The second-order valence-electron chi connectivity index (χ2n) is 4.74. The molecule has 18 heavy (non-hydrogen) atoms. The predicted octanol–water partition coefficient (Wildman–Crippen LogP) is 3.34. The summed E-state index contributed by atoms with van der Waals surface area (Å²) in [6.45, 7) is 0. The number of fused-ring (bicyclic) bond motifs is 1. The van der Waals surface area contributed by atoms with E-state index in [1.165, 1.54) is 0 Å². The van der Waals surface area contributed by atoms with E-state index in [-0.39, 0.29) is 27.1 Å². The van der Waals surface area contributed by atoms with Gasteiger partial charge in [-0.25, -0.2) is 0 Å². The molecule has 0 radical (unpaired) electrons. The van der Waals surface area contributed by atoms with Gasteiger partial charge in [-0.05, 0) is 5.56 Å². The summed E-state index contributed by atoms with van der Waals surface area (Å²) < 4.78 is 5.54. The first-order valence-corrected chi connectivity index (χ1v) is 7.69. The Morgan fingerprint density at radius 3 is 2.67 bits per heavy atom. The average Bonchev–Trinajstić information content (AvgIpc) is 2.74. The Bertz CT molecular complexity index is 500. The van der Waals surface area contributed by atoms with Crippen LogP contribution in [0.4, 0.5) is 0 Å². The van der Waals surface area contributed by atoms with Crippen molar-refractivity contribution < 1.29 is 9.53 Å². The molecule has 4 atom stereocenters. The van der Waals surface area contributed by atoms with Gasteiger partial charge in [0.15, 0.2) is 0 Å². The molecule has 1 aromatic rings. The van der Waals surface area contributed by atoms with Crippen molar-refractivity contribution >= 4 is 37.8 Å². The van der Waals surface area contributed by atoms with Crippen molar-refractivity contribution in [3.8, 4) is 0 Å². The largest absolute Gasteiger partial charge is 0.460 e. The molecular weight excluding hydrogens is 360 g/mol. The van der Waals surface area contributed by atoms with Gasteiger partial charge in [0.05, 0.1) is 16.7 Å². The van der Waals surface area contributed by atoms with E-state index in [2.05, 4.69) is 56.1 Å². The first-order chi connectivity index (χ1) is 8.63. The highest BCUT2D eigenvalue weighted by atomic mass is 79.9. The standard InChI is InChI=1S/C14H12Br2O2/c15-10-6-7-14(9-4-2-1-3-5-9)8-11(17)18-13(14)12(10)16/h1-7,10,12-13H,8H2/t10-,12+,13+,14+/m0/s1. The summed E-state index contributed by atoms with van der Waals surface area (Å²) in [6.07, 6.45) is 4.49. The van der Waals surface area contributed by atoms with Crippen LogP contribution in [0, 0.1) is 0 Å². The summed E-state index contributed by atoms with van der Waals surface area (Å²) >= 11 is 7.23. The number of allylic oxidation sites excluding steroid dienone is 1. The second kappa shape index (κ2) is 4.49. The quantitative estimate of drug-likeness (QED) is 0.430. The zero-order valence-corrected chi connectivity index (χ0v) is 12.7. The third kappa shape index (κ3) is 1.77. The number of hydrogen-bond acceptors (Lipinski definition) is 2. The van der Waals surface area contributed by atoms with E-state index >= 15 is 0 Å². The maximum absolute atomic E-state index is 11.7. The van der Waals surface area contributed by atoms with Gasteiger partial charge < -0.3 is 4.74 Å². The monoisotopic (exact) mass is 370 g/mol. The third-order valence-corrected chi connectivity index (χ3v) is 6.32. The third-order valence-electron chi connectivity index (χ3n) is 3.69. The molecule has 2 aliphatic rings. The molecule has 1 heterocycles. The van der Waals surface area contributed by atoms with Gasteiger partial charge >= 0.3 is 5.97 Å². The summed E-state index contributed by atoms with van der Waals surface area (Å²) in [5, 5.41) is 0. The van der Waals surface area contributed by atoms with Crippen LogP contribution >= 0.6 is 31.9 Å². The van der Waals surface area contributed by atoms with Crippen molar-refractivity contribution in [2.24, 2.45) is 0 Å². The van der Waals surface area contributed by atoms with E-state index < -0.39 is 0 Å². The van der Waals surface area contributed by atoms with E-state index in [1.807, 2.05) is 18.2 Å². The smallest absolute Gasteiger partial charge is 0.307 e. The summed E-state index contributed by atoms with van der Waals surface area (Å²) in [6, 6.07) is 10.1. The molecule has 1 aromatic carbocycles. The maximum atomic E-state index is 11.7. The van der Waals surface area contributed by atoms with E-state index in [9.17, 15) is 4.79 Å². The van der Waals surface area contributed by atoms with Gasteiger partial charge in [-0.15, -0.1) is 0 Å². The number of carbonyl (C=O) groups is 1. The molecule has 94 valence electrons. The minimum atomic E-state index is -0.323. The van der Waals surface area contributed by atoms with Gasteiger partial charge in [-0.2, -0.15) is 0 Å². The lowest BCUT2D eigenvalue weighted by Gasteiger charge is -2.38. The number of esters is 1. The minimum absolute atomic E-state index is 0.0918. The van der Waals surface area contributed by atoms with Gasteiger partial charge in [0.25, 0.3) is 0 Å². The molecule has 0 saturated carbocycles. The fourth-order valence-corrected chi connectivity index (χ4v) is 3.96. The molecular formula is C14H12Br2O2. The highest BCUT2D eigenvalue weighted by Gasteiger charge is 2.54. The number of halogens is 2. The Kier molecular flexibility index (Phi) is 3.10. The van der Waals surface area contributed by atoms with Crippen LogP contribution in [0.3, 0.4) is 0 Å². The van der Waals surface area contributed by atoms with Crippen LogP contribution in [0.25, 0.3) is 0 Å². The SMILES string of the molecule is O=C1C[C@@]2(c3ccccc3)C=C[C@H](Br)[C@@H](Br)[C@H]2O1. The van der Waals surface area contributed by atoms with Crippen LogP contribution in [0.5, 0.6) is 0 Å². The molecule has 2 nitrogen and oxygen atoms in total. The number of benzene rings is 1. The average molecular weight is 372 g/mol. The van der Waals surface area contributed by atoms with Crippen LogP contribution in [-0.4, -0.2) is 21.7 Å². The van der Waals surface area contributed by atoms with E-state index in [0.29, 0.717) is 6.42 Å². The Labute approximate surface area is 123 Å². The van der Waals surface area contributed by atoms with Gasteiger partial charge in [0.2, 0.25) is 0 Å². The first kappa shape index (κ1) is 12.4. The molecule has 0 aromatic heterocycles. The molecule has 1 aliphatic heterocycles. The van der Waals surface area contributed by atoms with Crippen molar-refractivity contribution in [3.05, 3.63) is 48.0 Å². The van der Waals surface area contributed by atoms with Crippen molar-refractivity contribution in [2.45, 2.75) is 27.6 Å². The molecule has 0 spiro atoms. The summed E-state index contributed by atoms with van der Waals surface area (Å²) in [7, 11) is 0. The topological polar surface area (TPSA) is 26.3 Å². The van der Waals surface area contributed by atoms with E-state index in [0.717, 1.165) is 5.56 Å². The van der Waals surface area contributed by atoms with Gasteiger partial charge in [-0.1, -0.05) is 74.3 Å². The van der Waals surface area contributed by atoms with Crippen molar-refractivity contribution in [1.82, 2.24) is 0 Å². The lowest BCUT2D eigenvalue weighted by atomic mass is 9.70. The van der Waals surface area contributed by atoms with Crippen LogP contribution in [0.1, 0.15) is 12.0 Å². The fourth-order valence-electron chi connectivity index (χ4n) is 2.78. The second-order valence-corrected chi connectivity index (χ2v) is 6.86. The number of rotatable bonds is 1. The fraction of sp³-hybridized carbons (Fsp3) is 0.357. The van der Waals surface area contributed by atoms with Crippen LogP contribution < -0.4 is 0 Å². The highest BCUT2D eigenvalue weighted by molar-refractivity contribution is 9.12. The van der Waals surface area contributed by atoms with Crippen LogP contribution in [0.15, 0.2) is 42.5 Å². The Hall–Kier alpha value is -0.610. The zero-order valence-electron chi connectivity index (χ0n) is 9.55. The number of ether oxygens (including phenoxy) is 1. The number of alkyl halides is 2. The van der Waals surface area contributed by atoms with Crippen LogP contribution in [-0.2, 0) is 14.9 Å². The van der Waals surface area contributed by atoms with Gasteiger partial charge in [0, 0.05) is 4.83 Å². The molecule has 1 fully saturated rings. The lowest BCUT2D eigenvalue weighted by molar-refractivity contribution is -0.141. The Morgan fingerprint density at radius 1 is 1.22 bits per heavy atom. The molecule has 0 amide bonds. The van der Waals surface area contributed by atoms with E-state index in [4.69, 9.17) is 4.74 Å². The highest BCUT2D eigenvalue weighted by Crippen LogP contribution is 2.48. The summed E-state index contributed by atoms with van der Waals surface area (Å²) in [5.74, 6) is -0.125. The lowest BCUT2D eigenvalue weighted by Crippen LogP contribution is -2.45. The number of hydrogen-bond donors (Lipinski definition) is 0. The predicted molar refractivity (Wildman–Crippen MR) is 77.2 cm³/mol. The summed E-state index contributed by atoms with van der Waals surface area (Å²) in [4.78, 5) is 12.0. The summed E-state index contributed by atoms with van der Waals surface area (Å²) in [5.41, 5.74) is 0.817. The van der Waals surface area contributed by atoms with E-state index in [1.54, 1.807) is 0 Å². The molecule has 0 bridgehead atoms. The van der Waals surface area contributed by atoms with Crippen molar-refractivity contribution in [2.75, 3.05) is 0 Å². The first-order valence-electron chi connectivity index (χ1n) is 5.86. The Balaban J connectivity index is 2.12. The van der Waals surface area contributed by atoms with Crippen LogP contribution in [0.2, 0.25) is 0 Å². The number of carbonyl (C=O) groups excluding carboxylic acids is 1. The van der Waals surface area contributed by atoms with Crippen molar-refractivity contribution in [1.29, 1.82) is 0 Å². The molecule has 4 heteroatoms. The maximum Gasteiger partial charge on any atom is 0.307 e. The molecule has 3 rings (SSSR count). The minimum Gasteiger partial charge on any atom is -0.460 e. The van der Waals surface area contributed by atoms with Gasteiger partial charge in [-0.3, -0.25) is 4.79 Å². The zero-order chi connectivity index (χ0) is 12.8. The molecule has 1 saturated heterocycles. The van der Waals surface area contributed by atoms with Gasteiger partial charge in [0.1, 0.15) is 6.10 Å². The molecule has 1 aliphatic carbocycles. The Morgan fingerprint density at radius 2 is 1.94 bits per heavy atom.